The van der Waals surface area contributed by atoms with Crippen molar-refractivity contribution >= 4 is 11.0 Å². The van der Waals surface area contributed by atoms with E-state index in [1.807, 2.05) is 78.5 Å². The predicted octanol–water partition coefficient (Wildman–Crippen LogP) is 3.66. The molecule has 110 valence electrons. The molecule has 0 fully saturated rings. The summed E-state index contributed by atoms with van der Waals surface area (Å²) in [5.74, 6) is 0. The lowest BCUT2D eigenvalue weighted by molar-refractivity contribution is 0.913. The standard InChI is InChI=1S/C10H10N2.C8H8N2/c1-12-7-10(11-8-12)9-5-3-2-4-6-9;1-10-6-9-7-4-2-3-5-8(7)10/h2-8H,1H3;2-6H,1H3. The zero-order valence-electron chi connectivity index (χ0n) is 12.7. The first-order valence-corrected chi connectivity index (χ1v) is 7.13. The number of para-hydroxylation sites is 2. The fourth-order valence-corrected chi connectivity index (χ4v) is 2.25. The highest BCUT2D eigenvalue weighted by atomic mass is 15.0. The Morgan fingerprint density at radius 1 is 0.773 bits per heavy atom. The number of fused-ring (bicyclic) bond motifs is 1. The average molecular weight is 290 g/mol. The molecule has 0 atom stereocenters. The van der Waals surface area contributed by atoms with Crippen molar-refractivity contribution in [3.63, 3.8) is 0 Å². The molecule has 4 heteroatoms. The lowest BCUT2D eigenvalue weighted by atomic mass is 10.2. The second-order valence-electron chi connectivity index (χ2n) is 5.13. The maximum atomic E-state index is 4.25. The van der Waals surface area contributed by atoms with E-state index < -0.39 is 0 Å². The van der Waals surface area contributed by atoms with Crippen LogP contribution < -0.4 is 0 Å². The molecule has 4 nitrogen and oxygen atoms in total. The Morgan fingerprint density at radius 2 is 1.50 bits per heavy atom. The van der Waals surface area contributed by atoms with Gasteiger partial charge >= 0.3 is 0 Å². The first-order valence-electron chi connectivity index (χ1n) is 7.13. The van der Waals surface area contributed by atoms with Crippen LogP contribution in [-0.4, -0.2) is 19.1 Å². The van der Waals surface area contributed by atoms with Crippen LogP contribution in [-0.2, 0) is 14.1 Å². The molecule has 0 aliphatic rings. The summed E-state index contributed by atoms with van der Waals surface area (Å²) in [6, 6.07) is 18.2. The highest BCUT2D eigenvalue weighted by molar-refractivity contribution is 5.74. The molecule has 0 saturated carbocycles. The SMILES string of the molecule is Cn1cnc(-c2ccccc2)c1.Cn1cnc2ccccc21. The Hall–Kier alpha value is -2.88. The molecule has 2 aromatic carbocycles. The summed E-state index contributed by atoms with van der Waals surface area (Å²) in [4.78, 5) is 8.43. The maximum absolute atomic E-state index is 4.25. The number of nitrogens with zero attached hydrogens (tertiary/aromatic N) is 4. The van der Waals surface area contributed by atoms with E-state index in [1.54, 1.807) is 0 Å². The van der Waals surface area contributed by atoms with Crippen LogP contribution in [0, 0.1) is 0 Å². The minimum absolute atomic E-state index is 1.03. The molecule has 0 aliphatic heterocycles. The van der Waals surface area contributed by atoms with Crippen molar-refractivity contribution in [2.75, 3.05) is 0 Å². The van der Waals surface area contributed by atoms with E-state index in [0.717, 1.165) is 16.8 Å². The number of benzene rings is 2. The fourth-order valence-electron chi connectivity index (χ4n) is 2.25. The van der Waals surface area contributed by atoms with Crippen LogP contribution in [0.25, 0.3) is 22.3 Å². The predicted molar refractivity (Wildman–Crippen MR) is 89.4 cm³/mol. The van der Waals surface area contributed by atoms with E-state index in [1.165, 1.54) is 5.52 Å². The molecule has 0 bridgehead atoms. The summed E-state index contributed by atoms with van der Waals surface area (Å²) in [6.07, 6.45) is 5.64. The maximum Gasteiger partial charge on any atom is 0.0955 e. The van der Waals surface area contributed by atoms with Crippen LogP contribution in [0.2, 0.25) is 0 Å². The molecular weight excluding hydrogens is 272 g/mol. The smallest absolute Gasteiger partial charge is 0.0955 e. The summed E-state index contributed by atoms with van der Waals surface area (Å²) in [7, 11) is 3.97. The largest absolute Gasteiger partial charge is 0.340 e. The molecule has 2 heterocycles. The van der Waals surface area contributed by atoms with Gasteiger partial charge in [-0.2, -0.15) is 0 Å². The van der Waals surface area contributed by atoms with Gasteiger partial charge in [0.25, 0.3) is 0 Å². The van der Waals surface area contributed by atoms with Gasteiger partial charge in [0.2, 0.25) is 0 Å². The summed E-state index contributed by atoms with van der Waals surface area (Å²) in [6.45, 7) is 0. The van der Waals surface area contributed by atoms with Crippen LogP contribution in [0.4, 0.5) is 0 Å². The number of hydrogen-bond acceptors (Lipinski definition) is 2. The van der Waals surface area contributed by atoms with Crippen molar-refractivity contribution in [1.29, 1.82) is 0 Å². The summed E-state index contributed by atoms with van der Waals surface area (Å²) in [5.41, 5.74) is 4.43. The van der Waals surface area contributed by atoms with E-state index in [2.05, 4.69) is 28.2 Å². The van der Waals surface area contributed by atoms with Crippen LogP contribution in [0.1, 0.15) is 0 Å². The molecule has 0 aliphatic carbocycles. The van der Waals surface area contributed by atoms with Crippen molar-refractivity contribution in [1.82, 2.24) is 19.1 Å². The normalized spacial score (nSPS) is 10.3. The number of rotatable bonds is 1. The quantitative estimate of drug-likeness (QED) is 0.536. The second kappa shape index (κ2) is 6.26. The van der Waals surface area contributed by atoms with Gasteiger partial charge in [-0.25, -0.2) is 9.97 Å². The average Bonchev–Trinajstić information content (AvgIpc) is 3.16. The van der Waals surface area contributed by atoms with Gasteiger partial charge in [-0.15, -0.1) is 0 Å². The zero-order valence-corrected chi connectivity index (χ0v) is 12.7. The van der Waals surface area contributed by atoms with E-state index in [-0.39, 0.29) is 0 Å². The third kappa shape index (κ3) is 3.06. The van der Waals surface area contributed by atoms with E-state index in [9.17, 15) is 0 Å². The lowest BCUT2D eigenvalue weighted by Crippen LogP contribution is -1.81. The minimum atomic E-state index is 1.03. The first kappa shape index (κ1) is 14.1. The van der Waals surface area contributed by atoms with Crippen molar-refractivity contribution in [3.05, 3.63) is 73.4 Å². The minimum Gasteiger partial charge on any atom is -0.340 e. The van der Waals surface area contributed by atoms with Crippen molar-refractivity contribution in [2.45, 2.75) is 0 Å². The Labute approximate surface area is 129 Å². The Kier molecular flexibility index (Phi) is 4.01. The number of aromatic nitrogens is 4. The summed E-state index contributed by atoms with van der Waals surface area (Å²) < 4.78 is 3.96. The van der Waals surface area contributed by atoms with Gasteiger partial charge in [-0.3, -0.25) is 0 Å². The first-order chi connectivity index (χ1) is 10.7. The molecule has 0 saturated heterocycles. The lowest BCUT2D eigenvalue weighted by Gasteiger charge is -1.92. The Balaban J connectivity index is 0.000000133. The molecule has 22 heavy (non-hydrogen) atoms. The third-order valence-electron chi connectivity index (χ3n) is 3.41. The molecule has 0 amide bonds. The summed E-state index contributed by atoms with van der Waals surface area (Å²) in [5, 5.41) is 0. The van der Waals surface area contributed by atoms with Crippen LogP contribution in [0.15, 0.2) is 73.4 Å². The van der Waals surface area contributed by atoms with Crippen molar-refractivity contribution < 1.29 is 0 Å². The zero-order chi connectivity index (χ0) is 15.4. The monoisotopic (exact) mass is 290 g/mol. The van der Waals surface area contributed by atoms with Gasteiger partial charge in [0.15, 0.2) is 0 Å². The van der Waals surface area contributed by atoms with Gasteiger partial charge in [0.05, 0.1) is 29.4 Å². The molecule has 4 aromatic rings. The molecule has 2 aromatic heterocycles. The van der Waals surface area contributed by atoms with Gasteiger partial charge in [0, 0.05) is 25.9 Å². The van der Waals surface area contributed by atoms with E-state index in [4.69, 9.17) is 0 Å². The van der Waals surface area contributed by atoms with Crippen LogP contribution >= 0.6 is 0 Å². The second-order valence-corrected chi connectivity index (χ2v) is 5.13. The van der Waals surface area contributed by atoms with E-state index in [0.29, 0.717) is 0 Å². The number of aryl methyl sites for hydroxylation is 2. The third-order valence-corrected chi connectivity index (χ3v) is 3.41. The fraction of sp³-hybridized carbons (Fsp3) is 0.111. The Morgan fingerprint density at radius 3 is 2.18 bits per heavy atom. The van der Waals surface area contributed by atoms with Gasteiger partial charge < -0.3 is 9.13 Å². The number of imidazole rings is 2. The summed E-state index contributed by atoms with van der Waals surface area (Å²) >= 11 is 0. The van der Waals surface area contributed by atoms with Gasteiger partial charge in [0.1, 0.15) is 0 Å². The van der Waals surface area contributed by atoms with Crippen molar-refractivity contribution in [2.24, 2.45) is 14.1 Å². The highest BCUT2D eigenvalue weighted by Gasteiger charge is 1.97. The van der Waals surface area contributed by atoms with Crippen LogP contribution in [0.5, 0.6) is 0 Å². The Bertz CT molecular complexity index is 859. The van der Waals surface area contributed by atoms with Gasteiger partial charge in [-0.05, 0) is 12.1 Å². The van der Waals surface area contributed by atoms with Crippen molar-refractivity contribution in [3.8, 4) is 11.3 Å². The molecular formula is C18H18N4. The molecule has 0 unspecified atom stereocenters. The molecule has 0 radical (unpaired) electrons. The van der Waals surface area contributed by atoms with E-state index >= 15 is 0 Å². The molecule has 0 spiro atoms. The molecule has 4 rings (SSSR count). The number of hydrogen-bond donors (Lipinski definition) is 0. The molecule has 0 N–H and O–H groups in total. The van der Waals surface area contributed by atoms with Gasteiger partial charge in [-0.1, -0.05) is 42.5 Å². The topological polar surface area (TPSA) is 35.6 Å². The van der Waals surface area contributed by atoms with Crippen LogP contribution in [0.3, 0.4) is 0 Å². The highest BCUT2D eigenvalue weighted by Crippen LogP contribution is 2.14.